The smallest absolute Gasteiger partial charge is 0.309 e. The van der Waals surface area contributed by atoms with Gasteiger partial charge in [-0.2, -0.15) is 0 Å². The third-order valence-electron chi connectivity index (χ3n) is 6.84. The number of carbonyl (C=O) groups excluding carboxylic acids is 1. The third kappa shape index (κ3) is 1.13. The van der Waals surface area contributed by atoms with Crippen molar-refractivity contribution in [1.29, 1.82) is 0 Å². The molecule has 1 aliphatic heterocycles. The number of esters is 1. The summed E-state index contributed by atoms with van der Waals surface area (Å²) >= 11 is 0. The molecule has 18 heavy (non-hydrogen) atoms. The Hall–Kier alpha value is -0.570. The fourth-order valence-electron chi connectivity index (χ4n) is 5.32. The average molecular weight is 252 g/mol. The van der Waals surface area contributed by atoms with E-state index < -0.39 is 0 Å². The standard InChI is InChI=1S/C15H24O3/c1-13(2)6-5-10(16)14(3)7-9-8-18-12(17)11(9)15(13,14)4/h9-11,16H,5-8H2,1-4H3/t9-,10+,11-,14-,15+/m0/s1. The molecule has 0 spiro atoms. The molecular weight excluding hydrogens is 228 g/mol. The van der Waals surface area contributed by atoms with Gasteiger partial charge in [-0.25, -0.2) is 0 Å². The molecule has 2 aliphatic carbocycles. The van der Waals surface area contributed by atoms with E-state index in [9.17, 15) is 9.90 Å². The van der Waals surface area contributed by atoms with Crippen molar-refractivity contribution in [2.45, 2.75) is 53.1 Å². The third-order valence-corrected chi connectivity index (χ3v) is 6.84. The Morgan fingerprint density at radius 1 is 1.28 bits per heavy atom. The highest BCUT2D eigenvalue weighted by Gasteiger charge is 2.72. The Balaban J connectivity index is 2.15. The van der Waals surface area contributed by atoms with Gasteiger partial charge in [0.25, 0.3) is 0 Å². The van der Waals surface area contributed by atoms with Gasteiger partial charge in [-0.15, -0.1) is 0 Å². The van der Waals surface area contributed by atoms with Crippen molar-refractivity contribution < 1.29 is 14.6 Å². The Morgan fingerprint density at radius 3 is 2.61 bits per heavy atom. The zero-order chi connectivity index (χ0) is 13.3. The summed E-state index contributed by atoms with van der Waals surface area (Å²) in [6, 6.07) is 0. The number of aliphatic hydroxyl groups is 1. The number of carbonyl (C=O) groups is 1. The van der Waals surface area contributed by atoms with E-state index in [4.69, 9.17) is 4.74 Å². The van der Waals surface area contributed by atoms with Crippen LogP contribution in [0.3, 0.4) is 0 Å². The topological polar surface area (TPSA) is 46.5 Å². The molecule has 3 heteroatoms. The first-order valence-corrected chi connectivity index (χ1v) is 7.09. The van der Waals surface area contributed by atoms with Gasteiger partial charge in [0.15, 0.2) is 0 Å². The molecule has 3 nitrogen and oxygen atoms in total. The lowest BCUT2D eigenvalue weighted by Crippen LogP contribution is -2.58. The van der Waals surface area contributed by atoms with E-state index in [0.717, 1.165) is 19.3 Å². The van der Waals surface area contributed by atoms with Crippen molar-refractivity contribution in [2.24, 2.45) is 28.1 Å². The molecule has 0 radical (unpaired) electrons. The molecule has 0 aromatic rings. The first kappa shape index (κ1) is 12.5. The van der Waals surface area contributed by atoms with Crippen LogP contribution in [0.1, 0.15) is 47.0 Å². The maximum atomic E-state index is 12.1. The van der Waals surface area contributed by atoms with E-state index in [-0.39, 0.29) is 34.2 Å². The number of hydrogen-bond donors (Lipinski definition) is 1. The normalized spacial score (nSPS) is 53.8. The molecule has 1 heterocycles. The number of aliphatic hydroxyl groups excluding tert-OH is 1. The Labute approximate surface area is 109 Å². The quantitative estimate of drug-likeness (QED) is 0.673. The molecule has 0 aromatic carbocycles. The lowest BCUT2D eigenvalue weighted by atomic mass is 9.45. The molecule has 5 atom stereocenters. The van der Waals surface area contributed by atoms with Crippen LogP contribution >= 0.6 is 0 Å². The van der Waals surface area contributed by atoms with Crippen molar-refractivity contribution in [1.82, 2.24) is 0 Å². The Kier molecular flexibility index (Phi) is 2.28. The summed E-state index contributed by atoms with van der Waals surface area (Å²) in [5, 5.41) is 10.5. The summed E-state index contributed by atoms with van der Waals surface area (Å²) in [6.45, 7) is 9.46. The van der Waals surface area contributed by atoms with Gasteiger partial charge in [0.2, 0.25) is 0 Å². The largest absolute Gasteiger partial charge is 0.465 e. The van der Waals surface area contributed by atoms with Crippen LogP contribution in [0.4, 0.5) is 0 Å². The highest BCUT2D eigenvalue weighted by Crippen LogP contribution is 2.72. The number of fused-ring (bicyclic) bond motifs is 3. The molecule has 0 bridgehead atoms. The van der Waals surface area contributed by atoms with Crippen LogP contribution in [-0.2, 0) is 9.53 Å². The van der Waals surface area contributed by atoms with Crippen LogP contribution in [0.25, 0.3) is 0 Å². The maximum Gasteiger partial charge on any atom is 0.309 e. The summed E-state index contributed by atoms with van der Waals surface area (Å²) < 4.78 is 5.29. The molecule has 1 N–H and O–H groups in total. The minimum atomic E-state index is -0.283. The van der Waals surface area contributed by atoms with Gasteiger partial charge in [0, 0.05) is 11.3 Å². The molecule has 2 saturated carbocycles. The van der Waals surface area contributed by atoms with Crippen LogP contribution < -0.4 is 0 Å². The van der Waals surface area contributed by atoms with Crippen LogP contribution in [-0.4, -0.2) is 23.8 Å². The number of rotatable bonds is 0. The van der Waals surface area contributed by atoms with Crippen molar-refractivity contribution in [3.05, 3.63) is 0 Å². The number of ether oxygens (including phenoxy) is 1. The van der Waals surface area contributed by atoms with E-state index >= 15 is 0 Å². The molecule has 0 aromatic heterocycles. The molecule has 0 amide bonds. The van der Waals surface area contributed by atoms with Gasteiger partial charge in [0.05, 0.1) is 18.6 Å². The lowest BCUT2D eigenvalue weighted by molar-refractivity contribution is -0.177. The first-order valence-electron chi connectivity index (χ1n) is 7.09. The molecule has 3 fully saturated rings. The monoisotopic (exact) mass is 252 g/mol. The lowest BCUT2D eigenvalue weighted by Gasteiger charge is -2.59. The second-order valence-corrected chi connectivity index (χ2v) is 7.63. The SMILES string of the molecule is CC1(C)CC[C@@H](O)[C@]2(C)C[C@H]3COC(=O)[C@H]3[C@]12C. The predicted molar refractivity (Wildman–Crippen MR) is 67.8 cm³/mol. The summed E-state index contributed by atoms with van der Waals surface area (Å²) in [6.07, 6.45) is 2.48. The minimum Gasteiger partial charge on any atom is -0.465 e. The number of hydrogen-bond acceptors (Lipinski definition) is 3. The summed E-state index contributed by atoms with van der Waals surface area (Å²) in [4.78, 5) is 12.1. The average Bonchev–Trinajstić information content (AvgIpc) is 2.75. The molecule has 102 valence electrons. The van der Waals surface area contributed by atoms with Gasteiger partial charge in [-0.1, -0.05) is 27.7 Å². The van der Waals surface area contributed by atoms with E-state index in [1.54, 1.807) is 0 Å². The minimum absolute atomic E-state index is 0.0209. The van der Waals surface area contributed by atoms with Crippen LogP contribution in [0.15, 0.2) is 0 Å². The van der Waals surface area contributed by atoms with E-state index in [0.29, 0.717) is 12.5 Å². The molecular formula is C15H24O3. The van der Waals surface area contributed by atoms with Crippen LogP contribution in [0.5, 0.6) is 0 Å². The Morgan fingerprint density at radius 2 is 1.94 bits per heavy atom. The molecule has 1 saturated heterocycles. The highest BCUT2D eigenvalue weighted by molar-refractivity contribution is 5.77. The second kappa shape index (κ2) is 3.30. The summed E-state index contributed by atoms with van der Waals surface area (Å²) in [5.74, 6) is 0.250. The van der Waals surface area contributed by atoms with Crippen molar-refractivity contribution in [3.8, 4) is 0 Å². The van der Waals surface area contributed by atoms with E-state index in [1.807, 2.05) is 0 Å². The Bertz CT molecular complexity index is 403. The van der Waals surface area contributed by atoms with E-state index in [1.165, 1.54) is 0 Å². The van der Waals surface area contributed by atoms with Crippen molar-refractivity contribution >= 4 is 5.97 Å². The van der Waals surface area contributed by atoms with Gasteiger partial charge in [-0.3, -0.25) is 4.79 Å². The number of cyclic esters (lactones) is 1. The second-order valence-electron chi connectivity index (χ2n) is 7.63. The maximum absolute atomic E-state index is 12.1. The predicted octanol–water partition coefficient (Wildman–Crippen LogP) is 2.37. The van der Waals surface area contributed by atoms with Gasteiger partial charge in [-0.05, 0) is 30.1 Å². The van der Waals surface area contributed by atoms with Gasteiger partial charge < -0.3 is 9.84 Å². The molecule has 0 unspecified atom stereocenters. The van der Waals surface area contributed by atoms with E-state index in [2.05, 4.69) is 27.7 Å². The van der Waals surface area contributed by atoms with Crippen LogP contribution in [0, 0.1) is 28.1 Å². The van der Waals surface area contributed by atoms with Crippen molar-refractivity contribution in [2.75, 3.05) is 6.61 Å². The zero-order valence-corrected chi connectivity index (χ0v) is 11.8. The first-order chi connectivity index (χ1) is 8.24. The fraction of sp³-hybridized carbons (Fsp3) is 0.933. The molecule has 3 rings (SSSR count). The molecule has 3 aliphatic rings. The fourth-order valence-corrected chi connectivity index (χ4v) is 5.32. The zero-order valence-electron chi connectivity index (χ0n) is 11.8. The van der Waals surface area contributed by atoms with Gasteiger partial charge in [0.1, 0.15) is 0 Å². The van der Waals surface area contributed by atoms with Crippen molar-refractivity contribution in [3.63, 3.8) is 0 Å². The van der Waals surface area contributed by atoms with Crippen LogP contribution in [0.2, 0.25) is 0 Å². The highest BCUT2D eigenvalue weighted by atomic mass is 16.5. The summed E-state index contributed by atoms with van der Waals surface area (Å²) in [7, 11) is 0. The summed E-state index contributed by atoms with van der Waals surface area (Å²) in [5.41, 5.74) is -0.233. The van der Waals surface area contributed by atoms with Gasteiger partial charge >= 0.3 is 5.97 Å².